The van der Waals surface area contributed by atoms with Crippen molar-refractivity contribution in [3.05, 3.63) is 69.7 Å². The van der Waals surface area contributed by atoms with Gasteiger partial charge in [0.15, 0.2) is 0 Å². The number of nitrogens with zero attached hydrogens (tertiary/aromatic N) is 1. The second kappa shape index (κ2) is 10.1. The van der Waals surface area contributed by atoms with E-state index < -0.39 is 30.1 Å². The van der Waals surface area contributed by atoms with E-state index in [1.54, 1.807) is 18.2 Å². The van der Waals surface area contributed by atoms with Crippen LogP contribution in [-0.2, 0) is 19.1 Å². The van der Waals surface area contributed by atoms with Crippen LogP contribution in [0, 0.1) is 5.92 Å². The molecule has 0 bridgehead atoms. The van der Waals surface area contributed by atoms with E-state index in [2.05, 4.69) is 10.9 Å². The normalized spacial score (nSPS) is 22.7. The second-order valence-electron chi connectivity index (χ2n) is 8.46. The number of carbonyl (C=O) groups excluding carboxylic acids is 3. The van der Waals surface area contributed by atoms with E-state index in [0.29, 0.717) is 22.5 Å². The fourth-order valence-electron chi connectivity index (χ4n) is 4.05. The van der Waals surface area contributed by atoms with Crippen LogP contribution in [0.5, 0.6) is 0 Å². The summed E-state index contributed by atoms with van der Waals surface area (Å²) in [6, 6.07) is 14.3. The van der Waals surface area contributed by atoms with Crippen molar-refractivity contribution in [1.29, 1.82) is 0 Å². The second-order valence-corrected chi connectivity index (χ2v) is 9.34. The highest BCUT2D eigenvalue weighted by molar-refractivity contribution is 6.30. The molecule has 0 spiro atoms. The van der Waals surface area contributed by atoms with Gasteiger partial charge in [0.1, 0.15) is 12.2 Å². The number of carbonyl (C=O) groups is 3. The smallest absolute Gasteiger partial charge is 0.252 e. The first-order valence-electron chi connectivity index (χ1n) is 10.8. The van der Waals surface area contributed by atoms with Crippen LogP contribution in [-0.4, -0.2) is 35.3 Å². The number of nitrogens with one attached hydrogen (secondary N) is 2. The molecule has 33 heavy (non-hydrogen) atoms. The molecule has 0 radical (unpaired) electrons. The van der Waals surface area contributed by atoms with Crippen molar-refractivity contribution in [3.63, 3.8) is 0 Å². The zero-order valence-electron chi connectivity index (χ0n) is 18.1. The average molecular weight is 490 g/mol. The minimum absolute atomic E-state index is 0.218. The van der Waals surface area contributed by atoms with Crippen molar-refractivity contribution in [2.75, 3.05) is 6.54 Å². The van der Waals surface area contributed by atoms with Crippen molar-refractivity contribution in [2.45, 2.75) is 44.4 Å². The van der Waals surface area contributed by atoms with E-state index in [0.717, 1.165) is 24.0 Å². The number of ether oxygens (including phenoxy) is 1. The highest BCUT2D eigenvalue weighted by atomic mass is 35.5. The van der Waals surface area contributed by atoms with E-state index in [1.165, 1.54) is 6.92 Å². The molecule has 7 nitrogen and oxygen atoms in total. The minimum Gasteiger partial charge on any atom is -0.357 e. The van der Waals surface area contributed by atoms with Gasteiger partial charge in [-0.25, -0.2) is 0 Å². The summed E-state index contributed by atoms with van der Waals surface area (Å²) in [5, 5.41) is 1.15. The summed E-state index contributed by atoms with van der Waals surface area (Å²) in [7, 11) is 0. The average Bonchev–Trinajstić information content (AvgIpc) is 3.60. The number of halogens is 2. The van der Waals surface area contributed by atoms with Crippen LogP contribution in [0.15, 0.2) is 48.5 Å². The maximum absolute atomic E-state index is 13.5. The van der Waals surface area contributed by atoms with E-state index in [1.807, 2.05) is 35.2 Å². The predicted octanol–water partition coefficient (Wildman–Crippen LogP) is 3.97. The minimum atomic E-state index is -0.995. The van der Waals surface area contributed by atoms with Crippen LogP contribution in [0.4, 0.5) is 0 Å². The van der Waals surface area contributed by atoms with Gasteiger partial charge in [-0.05, 0) is 54.2 Å². The van der Waals surface area contributed by atoms with Gasteiger partial charge in [0.25, 0.3) is 5.91 Å². The van der Waals surface area contributed by atoms with Gasteiger partial charge in [0, 0.05) is 23.5 Å². The fourth-order valence-corrected chi connectivity index (χ4v) is 4.37. The third kappa shape index (κ3) is 5.85. The summed E-state index contributed by atoms with van der Waals surface area (Å²) in [6.07, 6.45) is 0.371. The van der Waals surface area contributed by atoms with Crippen LogP contribution in [0.3, 0.4) is 0 Å². The number of amides is 3. The summed E-state index contributed by atoms with van der Waals surface area (Å²) in [4.78, 5) is 38.9. The highest BCUT2D eigenvalue weighted by Gasteiger charge is 2.46. The number of morpholine rings is 1. The Hall–Kier alpha value is -2.61. The Kier molecular flexibility index (Phi) is 7.22. The molecule has 2 N–H and O–H groups in total. The molecule has 1 saturated heterocycles. The molecule has 1 aliphatic carbocycles. The molecule has 4 rings (SSSR count). The van der Waals surface area contributed by atoms with Crippen LogP contribution in [0.25, 0.3) is 0 Å². The lowest BCUT2D eigenvalue weighted by Gasteiger charge is -2.45. The maximum Gasteiger partial charge on any atom is 0.252 e. The Bertz CT molecular complexity index is 1040. The maximum atomic E-state index is 13.5. The number of hydrazine groups is 1. The molecular formula is C24H25Cl2N3O4. The lowest BCUT2D eigenvalue weighted by molar-refractivity contribution is -0.177. The molecule has 1 aliphatic heterocycles. The molecule has 3 amide bonds. The quantitative estimate of drug-likeness (QED) is 0.600. The van der Waals surface area contributed by atoms with Gasteiger partial charge in [0.2, 0.25) is 11.8 Å². The van der Waals surface area contributed by atoms with E-state index in [-0.39, 0.29) is 12.3 Å². The Balaban J connectivity index is 1.69. The topological polar surface area (TPSA) is 87.7 Å². The standard InChI is InChI=1S/C24H25Cl2N3O4/c1-14(30)27-28-21(31)12-20-24(32)29(13-15-5-6-15)22(16-7-9-18(25)10-8-16)23(33-20)17-3-2-4-19(26)11-17/h2-4,7-11,15,20,22-23H,5-6,12-13H2,1H3,(H,27,30)(H,28,31)/t20-,22+,23-/m0/s1. The van der Waals surface area contributed by atoms with Crippen molar-refractivity contribution in [1.82, 2.24) is 15.8 Å². The third-order valence-electron chi connectivity index (χ3n) is 5.78. The molecule has 0 aromatic heterocycles. The number of benzene rings is 2. The van der Waals surface area contributed by atoms with Gasteiger partial charge in [-0.15, -0.1) is 0 Å². The molecule has 2 aromatic rings. The first-order chi connectivity index (χ1) is 15.8. The molecule has 1 heterocycles. The molecule has 9 heteroatoms. The molecule has 1 saturated carbocycles. The van der Waals surface area contributed by atoms with E-state index >= 15 is 0 Å². The summed E-state index contributed by atoms with van der Waals surface area (Å²) in [5.74, 6) is -0.743. The van der Waals surface area contributed by atoms with Gasteiger partial charge in [0.05, 0.1) is 12.5 Å². The van der Waals surface area contributed by atoms with Gasteiger partial charge in [-0.2, -0.15) is 0 Å². The monoisotopic (exact) mass is 489 g/mol. The Morgan fingerprint density at radius 1 is 1.03 bits per heavy atom. The molecule has 2 fully saturated rings. The Morgan fingerprint density at radius 3 is 2.39 bits per heavy atom. The Labute approximate surface area is 202 Å². The summed E-state index contributed by atoms with van der Waals surface area (Å²) >= 11 is 12.4. The number of hydrogen-bond donors (Lipinski definition) is 2. The van der Waals surface area contributed by atoms with Crippen molar-refractivity contribution in [3.8, 4) is 0 Å². The van der Waals surface area contributed by atoms with E-state index in [9.17, 15) is 14.4 Å². The van der Waals surface area contributed by atoms with Crippen molar-refractivity contribution in [2.24, 2.45) is 5.92 Å². The number of rotatable bonds is 6. The SMILES string of the molecule is CC(=O)NNC(=O)C[C@@H]1O[C@@H](c2cccc(Cl)c2)[C@@H](c2ccc(Cl)cc2)N(CC2CC2)C1=O. The highest BCUT2D eigenvalue weighted by Crippen LogP contribution is 2.45. The molecule has 3 atom stereocenters. The van der Waals surface area contributed by atoms with Crippen LogP contribution in [0.1, 0.15) is 49.5 Å². The number of hydrogen-bond acceptors (Lipinski definition) is 4. The van der Waals surface area contributed by atoms with E-state index in [4.69, 9.17) is 27.9 Å². The summed E-state index contributed by atoms with van der Waals surface area (Å²) < 4.78 is 6.29. The van der Waals surface area contributed by atoms with Crippen LogP contribution >= 0.6 is 23.2 Å². The summed E-state index contributed by atoms with van der Waals surface area (Å²) in [6.45, 7) is 1.86. The fraction of sp³-hybridized carbons (Fsp3) is 0.375. The molecule has 2 aliphatic rings. The third-order valence-corrected chi connectivity index (χ3v) is 6.27. The first-order valence-corrected chi connectivity index (χ1v) is 11.6. The molecule has 0 unspecified atom stereocenters. The van der Waals surface area contributed by atoms with Crippen molar-refractivity contribution < 1.29 is 19.1 Å². The first kappa shape index (κ1) is 23.5. The predicted molar refractivity (Wildman–Crippen MR) is 124 cm³/mol. The Morgan fingerprint density at radius 2 is 1.76 bits per heavy atom. The molecular weight excluding hydrogens is 465 g/mol. The zero-order valence-corrected chi connectivity index (χ0v) is 19.6. The van der Waals surface area contributed by atoms with Gasteiger partial charge >= 0.3 is 0 Å². The van der Waals surface area contributed by atoms with Gasteiger partial charge in [-0.1, -0.05) is 47.5 Å². The largest absolute Gasteiger partial charge is 0.357 e. The van der Waals surface area contributed by atoms with Crippen LogP contribution < -0.4 is 10.9 Å². The van der Waals surface area contributed by atoms with Crippen LogP contribution in [0.2, 0.25) is 10.0 Å². The van der Waals surface area contributed by atoms with Gasteiger partial charge < -0.3 is 9.64 Å². The molecule has 174 valence electrons. The zero-order chi connectivity index (χ0) is 23.5. The summed E-state index contributed by atoms with van der Waals surface area (Å²) in [5.41, 5.74) is 6.25. The molecule has 2 aromatic carbocycles. The van der Waals surface area contributed by atoms with Crippen molar-refractivity contribution >= 4 is 40.9 Å². The van der Waals surface area contributed by atoms with Gasteiger partial charge in [-0.3, -0.25) is 25.2 Å². The lowest BCUT2D eigenvalue weighted by Crippen LogP contribution is -2.53. The lowest BCUT2D eigenvalue weighted by atomic mass is 9.91.